The van der Waals surface area contributed by atoms with E-state index >= 15 is 0 Å². The Balaban J connectivity index is 2.15. The Morgan fingerprint density at radius 2 is 1.95 bits per heavy atom. The predicted molar refractivity (Wildman–Crippen MR) is 85.0 cm³/mol. The number of benzene rings is 2. The van der Waals surface area contributed by atoms with Gasteiger partial charge in [-0.15, -0.1) is 0 Å². The molecule has 22 heavy (non-hydrogen) atoms. The quantitative estimate of drug-likeness (QED) is 0.656. The van der Waals surface area contributed by atoms with Crippen LogP contribution in [0.25, 0.3) is 0 Å². The minimum atomic E-state index is -0.510. The van der Waals surface area contributed by atoms with Crippen molar-refractivity contribution in [3.63, 3.8) is 0 Å². The standard InChI is InChI=1S/C16H17N3O3/c1-11-5-3-4-6-13(11)10-18-16(20)12-7-8-14(17-2)15(9-12)19(21)22/h3-9,17H,10H2,1-2H3,(H,18,20). The zero-order valence-electron chi connectivity index (χ0n) is 12.4. The Labute approximate surface area is 128 Å². The fourth-order valence-electron chi connectivity index (χ4n) is 2.12. The van der Waals surface area contributed by atoms with Crippen molar-refractivity contribution in [1.29, 1.82) is 0 Å². The van der Waals surface area contributed by atoms with Gasteiger partial charge in [-0.2, -0.15) is 0 Å². The van der Waals surface area contributed by atoms with Gasteiger partial charge in [-0.1, -0.05) is 24.3 Å². The first-order valence-corrected chi connectivity index (χ1v) is 6.82. The number of nitrogens with zero attached hydrogens (tertiary/aromatic N) is 1. The molecule has 0 aliphatic heterocycles. The molecule has 2 rings (SSSR count). The van der Waals surface area contributed by atoms with Crippen LogP contribution in [0.5, 0.6) is 0 Å². The molecule has 0 atom stereocenters. The number of amides is 1. The van der Waals surface area contributed by atoms with E-state index in [9.17, 15) is 14.9 Å². The molecule has 0 heterocycles. The molecular weight excluding hydrogens is 282 g/mol. The zero-order chi connectivity index (χ0) is 16.1. The lowest BCUT2D eigenvalue weighted by Gasteiger charge is -2.09. The Kier molecular flexibility index (Phi) is 4.73. The van der Waals surface area contributed by atoms with Gasteiger partial charge in [-0.25, -0.2) is 0 Å². The summed E-state index contributed by atoms with van der Waals surface area (Å²) in [6.45, 7) is 2.35. The van der Waals surface area contributed by atoms with E-state index in [0.29, 0.717) is 12.2 Å². The molecule has 0 unspecified atom stereocenters. The Bertz CT molecular complexity index is 714. The van der Waals surface area contributed by atoms with Crippen LogP contribution in [0.3, 0.4) is 0 Å². The highest BCUT2D eigenvalue weighted by molar-refractivity contribution is 5.95. The molecule has 0 aliphatic rings. The summed E-state index contributed by atoms with van der Waals surface area (Å²) in [5, 5.41) is 16.5. The predicted octanol–water partition coefficient (Wildman–Crippen LogP) is 2.87. The van der Waals surface area contributed by atoms with Gasteiger partial charge in [0.1, 0.15) is 5.69 Å². The Morgan fingerprint density at radius 1 is 1.23 bits per heavy atom. The van der Waals surface area contributed by atoms with Gasteiger partial charge in [-0.3, -0.25) is 14.9 Å². The second-order valence-corrected chi connectivity index (χ2v) is 4.85. The van der Waals surface area contributed by atoms with Crippen LogP contribution >= 0.6 is 0 Å². The molecule has 0 fully saturated rings. The molecule has 6 heteroatoms. The molecular formula is C16H17N3O3. The summed E-state index contributed by atoms with van der Waals surface area (Å²) in [6.07, 6.45) is 0. The van der Waals surface area contributed by atoms with Crippen molar-refractivity contribution in [2.24, 2.45) is 0 Å². The third kappa shape index (κ3) is 3.41. The van der Waals surface area contributed by atoms with Crippen molar-refractivity contribution in [2.75, 3.05) is 12.4 Å². The van der Waals surface area contributed by atoms with Gasteiger partial charge in [0.2, 0.25) is 0 Å². The number of hydrogen-bond donors (Lipinski definition) is 2. The van der Waals surface area contributed by atoms with Gasteiger partial charge in [0.25, 0.3) is 11.6 Å². The second-order valence-electron chi connectivity index (χ2n) is 4.85. The van der Waals surface area contributed by atoms with Crippen molar-refractivity contribution >= 4 is 17.3 Å². The van der Waals surface area contributed by atoms with Crippen LogP contribution in [-0.4, -0.2) is 17.9 Å². The van der Waals surface area contributed by atoms with Gasteiger partial charge >= 0.3 is 0 Å². The van der Waals surface area contributed by atoms with Gasteiger partial charge in [0, 0.05) is 25.2 Å². The minimum absolute atomic E-state index is 0.119. The van der Waals surface area contributed by atoms with Gasteiger partial charge in [-0.05, 0) is 30.2 Å². The molecule has 6 nitrogen and oxygen atoms in total. The fourth-order valence-corrected chi connectivity index (χ4v) is 2.12. The zero-order valence-corrected chi connectivity index (χ0v) is 12.4. The SMILES string of the molecule is CNc1ccc(C(=O)NCc2ccccc2C)cc1[N+](=O)[O-]. The highest BCUT2D eigenvalue weighted by Crippen LogP contribution is 2.25. The summed E-state index contributed by atoms with van der Waals surface area (Å²) in [6, 6.07) is 12.1. The molecule has 2 aromatic carbocycles. The molecule has 0 saturated carbocycles. The molecule has 1 amide bonds. The molecule has 0 aromatic heterocycles. The number of nitro benzene ring substituents is 1. The van der Waals surface area contributed by atoms with Crippen LogP contribution in [-0.2, 0) is 6.54 Å². The van der Waals surface area contributed by atoms with Crippen molar-refractivity contribution in [3.8, 4) is 0 Å². The lowest BCUT2D eigenvalue weighted by Crippen LogP contribution is -2.23. The molecule has 0 radical (unpaired) electrons. The summed E-state index contributed by atoms with van der Waals surface area (Å²) >= 11 is 0. The smallest absolute Gasteiger partial charge is 0.293 e. The highest BCUT2D eigenvalue weighted by Gasteiger charge is 2.16. The average Bonchev–Trinajstić information content (AvgIpc) is 2.53. The van der Waals surface area contributed by atoms with Crippen LogP contribution in [0.1, 0.15) is 21.5 Å². The Hall–Kier alpha value is -2.89. The fraction of sp³-hybridized carbons (Fsp3) is 0.188. The molecule has 0 saturated heterocycles. The number of aryl methyl sites for hydroxylation is 1. The number of hydrogen-bond acceptors (Lipinski definition) is 4. The van der Waals surface area contributed by atoms with Crippen molar-refractivity contribution < 1.29 is 9.72 Å². The lowest BCUT2D eigenvalue weighted by molar-refractivity contribution is -0.384. The first-order chi connectivity index (χ1) is 10.5. The number of nitro groups is 1. The monoisotopic (exact) mass is 299 g/mol. The van der Waals surface area contributed by atoms with E-state index in [2.05, 4.69) is 10.6 Å². The van der Waals surface area contributed by atoms with Crippen molar-refractivity contribution in [1.82, 2.24) is 5.32 Å². The summed E-state index contributed by atoms with van der Waals surface area (Å²) in [7, 11) is 1.60. The number of anilines is 1. The van der Waals surface area contributed by atoms with E-state index in [-0.39, 0.29) is 17.2 Å². The molecule has 0 aliphatic carbocycles. The van der Waals surface area contributed by atoms with E-state index in [1.807, 2.05) is 31.2 Å². The largest absolute Gasteiger partial charge is 0.383 e. The topological polar surface area (TPSA) is 84.3 Å². The van der Waals surface area contributed by atoms with Crippen LogP contribution in [0, 0.1) is 17.0 Å². The van der Waals surface area contributed by atoms with E-state index in [1.54, 1.807) is 13.1 Å². The van der Waals surface area contributed by atoms with E-state index in [1.165, 1.54) is 12.1 Å². The lowest BCUT2D eigenvalue weighted by atomic mass is 10.1. The molecule has 2 N–H and O–H groups in total. The number of carbonyl (C=O) groups excluding carboxylic acids is 1. The Morgan fingerprint density at radius 3 is 2.59 bits per heavy atom. The minimum Gasteiger partial charge on any atom is -0.383 e. The number of nitrogens with one attached hydrogen (secondary N) is 2. The molecule has 114 valence electrons. The van der Waals surface area contributed by atoms with Gasteiger partial charge < -0.3 is 10.6 Å². The number of carbonyl (C=O) groups is 1. The van der Waals surface area contributed by atoms with Gasteiger partial charge in [0.05, 0.1) is 4.92 Å². The van der Waals surface area contributed by atoms with Crippen LogP contribution in [0.2, 0.25) is 0 Å². The van der Waals surface area contributed by atoms with Crippen molar-refractivity contribution in [2.45, 2.75) is 13.5 Å². The summed E-state index contributed by atoms with van der Waals surface area (Å²) in [5.41, 5.74) is 2.61. The first kappa shape index (κ1) is 15.5. The maximum absolute atomic E-state index is 12.1. The molecule has 2 aromatic rings. The van der Waals surface area contributed by atoms with E-state index in [0.717, 1.165) is 11.1 Å². The average molecular weight is 299 g/mol. The van der Waals surface area contributed by atoms with E-state index in [4.69, 9.17) is 0 Å². The van der Waals surface area contributed by atoms with Crippen molar-refractivity contribution in [3.05, 3.63) is 69.3 Å². The third-order valence-electron chi connectivity index (χ3n) is 3.43. The first-order valence-electron chi connectivity index (χ1n) is 6.82. The maximum Gasteiger partial charge on any atom is 0.293 e. The normalized spacial score (nSPS) is 10.1. The third-order valence-corrected chi connectivity index (χ3v) is 3.43. The summed E-state index contributed by atoms with van der Waals surface area (Å²) < 4.78 is 0. The molecule has 0 spiro atoms. The highest BCUT2D eigenvalue weighted by atomic mass is 16.6. The van der Waals surface area contributed by atoms with Crippen LogP contribution in [0.4, 0.5) is 11.4 Å². The maximum atomic E-state index is 12.1. The van der Waals surface area contributed by atoms with Crippen LogP contribution in [0.15, 0.2) is 42.5 Å². The molecule has 0 bridgehead atoms. The number of rotatable bonds is 5. The van der Waals surface area contributed by atoms with E-state index < -0.39 is 4.92 Å². The second kappa shape index (κ2) is 6.71. The summed E-state index contributed by atoms with van der Waals surface area (Å²) in [5.74, 6) is -0.339. The van der Waals surface area contributed by atoms with Crippen LogP contribution < -0.4 is 10.6 Å². The summed E-state index contributed by atoms with van der Waals surface area (Å²) in [4.78, 5) is 22.7. The van der Waals surface area contributed by atoms with Gasteiger partial charge in [0.15, 0.2) is 0 Å².